The molecule has 0 radical (unpaired) electrons. The average Bonchev–Trinajstić information content (AvgIpc) is 2.58. The molecule has 3 rings (SSSR count). The van der Waals surface area contributed by atoms with Crippen molar-refractivity contribution in [2.45, 2.75) is 45.3 Å². The summed E-state index contributed by atoms with van der Waals surface area (Å²) in [6.45, 7) is 6.73. The lowest BCUT2D eigenvalue weighted by molar-refractivity contribution is -0.0313. The van der Waals surface area contributed by atoms with E-state index < -0.39 is 5.60 Å². The van der Waals surface area contributed by atoms with Crippen molar-refractivity contribution in [1.82, 2.24) is 14.9 Å². The van der Waals surface area contributed by atoms with Crippen molar-refractivity contribution in [2.24, 2.45) is 0 Å². The minimum atomic E-state index is -0.788. The first kappa shape index (κ1) is 16.1. The fourth-order valence-corrected chi connectivity index (χ4v) is 3.07. The Morgan fingerprint density at radius 1 is 1.09 bits per heavy atom. The van der Waals surface area contributed by atoms with E-state index in [2.05, 4.69) is 33.9 Å². The smallest absolute Gasteiger partial charge is 0.109 e. The molecular weight excluding hydrogens is 286 g/mol. The van der Waals surface area contributed by atoms with Gasteiger partial charge in [0, 0.05) is 32.0 Å². The van der Waals surface area contributed by atoms with Crippen LogP contribution in [0.25, 0.3) is 0 Å². The van der Waals surface area contributed by atoms with Crippen LogP contribution in [-0.2, 0) is 18.6 Å². The summed E-state index contributed by atoms with van der Waals surface area (Å²) in [7, 11) is 0. The molecule has 1 fully saturated rings. The monoisotopic (exact) mass is 311 g/mol. The number of aryl methyl sites for hydroxylation is 2. The van der Waals surface area contributed by atoms with Crippen LogP contribution in [0.1, 0.15) is 42.3 Å². The topological polar surface area (TPSA) is 49.2 Å². The van der Waals surface area contributed by atoms with Gasteiger partial charge in [-0.15, -0.1) is 0 Å². The summed E-state index contributed by atoms with van der Waals surface area (Å²) in [6.07, 6.45) is 6.25. The fourth-order valence-electron chi connectivity index (χ4n) is 3.07. The Kier molecular flexibility index (Phi) is 4.74. The molecule has 0 amide bonds. The van der Waals surface area contributed by atoms with Crippen molar-refractivity contribution in [1.29, 1.82) is 0 Å². The van der Waals surface area contributed by atoms with Crippen LogP contribution in [0.3, 0.4) is 0 Å². The number of pyridine rings is 2. The summed E-state index contributed by atoms with van der Waals surface area (Å²) < 4.78 is 0. The van der Waals surface area contributed by atoms with Crippen molar-refractivity contribution in [3.05, 3.63) is 59.2 Å². The first-order chi connectivity index (χ1) is 11.1. The maximum absolute atomic E-state index is 10.9. The van der Waals surface area contributed by atoms with Gasteiger partial charge in [-0.3, -0.25) is 14.9 Å². The van der Waals surface area contributed by atoms with Crippen molar-refractivity contribution in [3.63, 3.8) is 0 Å². The molecule has 0 aliphatic carbocycles. The zero-order chi connectivity index (χ0) is 16.3. The summed E-state index contributed by atoms with van der Waals surface area (Å²) in [5.74, 6) is 0. The number of likely N-dealkylation sites (tertiary alicyclic amines) is 1. The number of hydrogen-bond donors (Lipinski definition) is 1. The number of aromatic nitrogens is 2. The molecule has 1 N–H and O–H groups in total. The van der Waals surface area contributed by atoms with Crippen LogP contribution >= 0.6 is 0 Å². The molecule has 3 heterocycles. The van der Waals surface area contributed by atoms with Gasteiger partial charge in [0.05, 0.1) is 11.4 Å². The number of hydrogen-bond acceptors (Lipinski definition) is 4. The van der Waals surface area contributed by atoms with Gasteiger partial charge in [0.1, 0.15) is 5.60 Å². The first-order valence-electron chi connectivity index (χ1n) is 8.41. The highest BCUT2D eigenvalue weighted by molar-refractivity contribution is 5.19. The van der Waals surface area contributed by atoms with E-state index in [1.165, 1.54) is 5.56 Å². The van der Waals surface area contributed by atoms with Gasteiger partial charge < -0.3 is 5.11 Å². The molecule has 1 saturated heterocycles. The lowest BCUT2D eigenvalue weighted by Gasteiger charge is -2.37. The van der Waals surface area contributed by atoms with Crippen LogP contribution in [0, 0.1) is 6.92 Å². The molecular formula is C19H25N3O. The van der Waals surface area contributed by atoms with E-state index >= 15 is 0 Å². The lowest BCUT2D eigenvalue weighted by Crippen LogP contribution is -2.42. The van der Waals surface area contributed by atoms with E-state index in [-0.39, 0.29) is 0 Å². The highest BCUT2D eigenvalue weighted by Crippen LogP contribution is 2.31. The first-order valence-corrected chi connectivity index (χ1v) is 8.41. The number of aliphatic hydroxyl groups is 1. The molecule has 0 atom stereocenters. The second-order valence-corrected chi connectivity index (χ2v) is 6.54. The third kappa shape index (κ3) is 3.77. The third-order valence-electron chi connectivity index (χ3n) is 4.75. The van der Waals surface area contributed by atoms with E-state index in [9.17, 15) is 5.11 Å². The maximum atomic E-state index is 10.9. The van der Waals surface area contributed by atoms with Crippen LogP contribution in [0.2, 0.25) is 0 Å². The Morgan fingerprint density at radius 3 is 2.43 bits per heavy atom. The van der Waals surface area contributed by atoms with E-state index in [0.29, 0.717) is 0 Å². The molecule has 0 spiro atoms. The minimum absolute atomic E-state index is 0.718. The molecule has 2 aromatic rings. The molecule has 4 nitrogen and oxygen atoms in total. The quantitative estimate of drug-likeness (QED) is 0.943. The molecule has 0 aromatic carbocycles. The van der Waals surface area contributed by atoms with Crippen molar-refractivity contribution in [3.8, 4) is 0 Å². The van der Waals surface area contributed by atoms with E-state index in [1.54, 1.807) is 0 Å². The lowest BCUT2D eigenvalue weighted by atomic mass is 9.87. The minimum Gasteiger partial charge on any atom is -0.383 e. The van der Waals surface area contributed by atoms with Gasteiger partial charge in [-0.25, -0.2) is 0 Å². The average molecular weight is 311 g/mol. The number of rotatable bonds is 4. The van der Waals surface area contributed by atoms with Gasteiger partial charge >= 0.3 is 0 Å². The summed E-state index contributed by atoms with van der Waals surface area (Å²) in [6, 6.07) is 8.24. The highest BCUT2D eigenvalue weighted by Gasteiger charge is 2.35. The summed E-state index contributed by atoms with van der Waals surface area (Å²) in [5, 5.41) is 10.9. The van der Waals surface area contributed by atoms with Crippen LogP contribution in [0.15, 0.2) is 36.7 Å². The van der Waals surface area contributed by atoms with Crippen molar-refractivity contribution >= 4 is 0 Å². The number of piperidine rings is 1. The Labute approximate surface area is 138 Å². The molecule has 0 unspecified atom stereocenters. The summed E-state index contributed by atoms with van der Waals surface area (Å²) in [5.41, 5.74) is 3.50. The molecule has 1 aliphatic heterocycles. The Bertz CT molecular complexity index is 629. The van der Waals surface area contributed by atoms with E-state index in [1.807, 2.05) is 31.5 Å². The molecule has 2 aromatic heterocycles. The molecule has 4 heteroatoms. The van der Waals surface area contributed by atoms with Crippen LogP contribution in [0.5, 0.6) is 0 Å². The van der Waals surface area contributed by atoms with Crippen LogP contribution in [0.4, 0.5) is 0 Å². The molecule has 122 valence electrons. The second kappa shape index (κ2) is 6.77. The van der Waals surface area contributed by atoms with Gasteiger partial charge in [0.2, 0.25) is 0 Å². The maximum Gasteiger partial charge on any atom is 0.109 e. The predicted molar refractivity (Wildman–Crippen MR) is 91.0 cm³/mol. The van der Waals surface area contributed by atoms with Crippen LogP contribution in [-0.4, -0.2) is 33.1 Å². The SMILES string of the molecule is CCc1ccc(CN2CCC(O)(c3ccc(C)cn3)CC2)nc1. The van der Waals surface area contributed by atoms with Crippen LogP contribution < -0.4 is 0 Å². The van der Waals surface area contributed by atoms with Crippen molar-refractivity contribution in [2.75, 3.05) is 13.1 Å². The largest absolute Gasteiger partial charge is 0.383 e. The summed E-state index contributed by atoms with van der Waals surface area (Å²) >= 11 is 0. The van der Waals surface area contributed by atoms with Gasteiger partial charge in [-0.2, -0.15) is 0 Å². The Balaban J connectivity index is 1.60. The standard InChI is InChI=1S/C19H25N3O/c1-3-16-5-6-17(20-13-16)14-22-10-8-19(23,9-11-22)18-7-4-15(2)12-21-18/h4-7,12-13,23H,3,8-11,14H2,1-2H3. The Hall–Kier alpha value is -1.78. The predicted octanol–water partition coefficient (Wildman–Crippen LogP) is 2.83. The van der Waals surface area contributed by atoms with Crippen molar-refractivity contribution < 1.29 is 5.11 Å². The zero-order valence-corrected chi connectivity index (χ0v) is 14.0. The van der Waals surface area contributed by atoms with Gasteiger partial charge in [-0.05, 0) is 49.4 Å². The Morgan fingerprint density at radius 2 is 1.87 bits per heavy atom. The molecule has 23 heavy (non-hydrogen) atoms. The van der Waals surface area contributed by atoms with E-state index in [0.717, 1.165) is 55.8 Å². The molecule has 0 bridgehead atoms. The van der Waals surface area contributed by atoms with Gasteiger partial charge in [-0.1, -0.05) is 19.1 Å². The zero-order valence-electron chi connectivity index (χ0n) is 14.0. The molecule has 0 saturated carbocycles. The second-order valence-electron chi connectivity index (χ2n) is 6.54. The highest BCUT2D eigenvalue weighted by atomic mass is 16.3. The third-order valence-corrected chi connectivity index (χ3v) is 4.75. The van der Waals surface area contributed by atoms with Gasteiger partial charge in [0.15, 0.2) is 0 Å². The summed E-state index contributed by atoms with van der Waals surface area (Å²) in [4.78, 5) is 11.3. The number of nitrogens with zero attached hydrogens (tertiary/aromatic N) is 3. The normalized spacial score (nSPS) is 18.0. The van der Waals surface area contributed by atoms with E-state index in [4.69, 9.17) is 0 Å². The van der Waals surface area contributed by atoms with Gasteiger partial charge in [0.25, 0.3) is 0 Å². The molecule has 1 aliphatic rings. The fraction of sp³-hybridized carbons (Fsp3) is 0.474.